The fourth-order valence-corrected chi connectivity index (χ4v) is 3.91. The van der Waals surface area contributed by atoms with Gasteiger partial charge in [-0.25, -0.2) is 4.79 Å². The van der Waals surface area contributed by atoms with Gasteiger partial charge in [-0.2, -0.15) is 8.42 Å². The van der Waals surface area contributed by atoms with Gasteiger partial charge in [-0.3, -0.25) is 0 Å². The SMILES string of the molecule is CCc1ccc(OC)c(S(=O)(=O)Oc2ccc(C(=O)OCc3ccccc3)cc2)c1. The third-order valence-corrected chi connectivity index (χ3v) is 5.68. The first-order chi connectivity index (χ1) is 14.4. The number of carbonyl (C=O) groups is 1. The van der Waals surface area contributed by atoms with Crippen molar-refractivity contribution in [1.29, 1.82) is 0 Å². The van der Waals surface area contributed by atoms with Gasteiger partial charge in [-0.1, -0.05) is 43.3 Å². The Bertz CT molecular complexity index is 1110. The van der Waals surface area contributed by atoms with E-state index in [0.29, 0.717) is 12.0 Å². The maximum Gasteiger partial charge on any atom is 0.342 e. The predicted molar refractivity (Wildman–Crippen MR) is 112 cm³/mol. The smallest absolute Gasteiger partial charge is 0.342 e. The Morgan fingerprint density at radius 1 is 0.900 bits per heavy atom. The Kier molecular flexibility index (Phi) is 6.74. The Hall–Kier alpha value is -3.32. The van der Waals surface area contributed by atoms with Crippen LogP contribution < -0.4 is 8.92 Å². The number of ether oxygens (including phenoxy) is 2. The molecule has 0 heterocycles. The normalized spacial score (nSPS) is 11.0. The Labute approximate surface area is 176 Å². The van der Waals surface area contributed by atoms with E-state index < -0.39 is 16.1 Å². The number of benzene rings is 3. The van der Waals surface area contributed by atoms with E-state index in [9.17, 15) is 13.2 Å². The molecule has 0 atom stereocenters. The molecule has 6 nitrogen and oxygen atoms in total. The first kappa shape index (κ1) is 21.4. The molecule has 0 aliphatic heterocycles. The summed E-state index contributed by atoms with van der Waals surface area (Å²) in [5, 5.41) is 0. The maximum absolute atomic E-state index is 12.7. The molecule has 30 heavy (non-hydrogen) atoms. The van der Waals surface area contributed by atoms with Crippen LogP contribution >= 0.6 is 0 Å². The second-order valence-electron chi connectivity index (χ2n) is 6.46. The van der Waals surface area contributed by atoms with Gasteiger partial charge in [0.05, 0.1) is 12.7 Å². The lowest BCUT2D eigenvalue weighted by atomic mass is 10.2. The highest BCUT2D eigenvalue weighted by molar-refractivity contribution is 7.87. The number of carbonyl (C=O) groups excluding carboxylic acids is 1. The number of rotatable bonds is 8. The van der Waals surface area contributed by atoms with Crippen LogP contribution in [0, 0.1) is 0 Å². The second-order valence-corrected chi connectivity index (χ2v) is 7.98. The topological polar surface area (TPSA) is 78.9 Å². The quantitative estimate of drug-likeness (QED) is 0.393. The van der Waals surface area contributed by atoms with Crippen molar-refractivity contribution in [2.24, 2.45) is 0 Å². The number of hydrogen-bond donors (Lipinski definition) is 0. The molecule has 3 aromatic rings. The highest BCUT2D eigenvalue weighted by atomic mass is 32.2. The summed E-state index contributed by atoms with van der Waals surface area (Å²) in [5.74, 6) is -0.225. The number of esters is 1. The van der Waals surface area contributed by atoms with Gasteiger partial charge in [0.2, 0.25) is 0 Å². The summed E-state index contributed by atoms with van der Waals surface area (Å²) in [6.45, 7) is 2.08. The molecule has 0 bridgehead atoms. The van der Waals surface area contributed by atoms with E-state index >= 15 is 0 Å². The number of aryl methyl sites for hydroxylation is 1. The fraction of sp³-hybridized carbons (Fsp3) is 0.174. The zero-order valence-electron chi connectivity index (χ0n) is 16.7. The van der Waals surface area contributed by atoms with E-state index in [1.807, 2.05) is 37.3 Å². The van der Waals surface area contributed by atoms with E-state index in [4.69, 9.17) is 13.7 Å². The average Bonchev–Trinajstić information content (AvgIpc) is 2.78. The minimum atomic E-state index is -4.11. The molecule has 3 aromatic carbocycles. The molecule has 0 radical (unpaired) electrons. The van der Waals surface area contributed by atoms with Crippen molar-refractivity contribution in [1.82, 2.24) is 0 Å². The van der Waals surface area contributed by atoms with Gasteiger partial charge in [0, 0.05) is 0 Å². The number of methoxy groups -OCH3 is 1. The summed E-state index contributed by atoms with van der Waals surface area (Å²) in [4.78, 5) is 12.1. The molecule has 0 fully saturated rings. The summed E-state index contributed by atoms with van der Waals surface area (Å²) in [7, 11) is -2.71. The summed E-state index contributed by atoms with van der Waals surface area (Å²) < 4.78 is 41.1. The molecule has 0 aromatic heterocycles. The molecule has 156 valence electrons. The summed E-state index contributed by atoms with van der Waals surface area (Å²) in [6, 6.07) is 20.0. The van der Waals surface area contributed by atoms with Crippen LogP contribution in [0.5, 0.6) is 11.5 Å². The molecule has 0 aliphatic rings. The molecular formula is C23H22O6S. The first-order valence-corrected chi connectivity index (χ1v) is 10.8. The van der Waals surface area contributed by atoms with Crippen molar-refractivity contribution in [2.75, 3.05) is 7.11 Å². The molecule has 0 saturated carbocycles. The van der Waals surface area contributed by atoms with Crippen LogP contribution in [-0.2, 0) is 27.9 Å². The molecule has 0 N–H and O–H groups in total. The van der Waals surface area contributed by atoms with Crippen LogP contribution in [0.2, 0.25) is 0 Å². The Morgan fingerprint density at radius 3 is 2.23 bits per heavy atom. The van der Waals surface area contributed by atoms with Gasteiger partial charge < -0.3 is 13.7 Å². The highest BCUT2D eigenvalue weighted by Crippen LogP contribution is 2.28. The maximum atomic E-state index is 12.7. The lowest BCUT2D eigenvalue weighted by molar-refractivity contribution is 0.0472. The molecule has 3 rings (SSSR count). The van der Waals surface area contributed by atoms with Crippen LogP contribution in [0.4, 0.5) is 0 Å². The van der Waals surface area contributed by atoms with E-state index in [1.54, 1.807) is 12.1 Å². The Morgan fingerprint density at radius 2 is 1.60 bits per heavy atom. The molecular weight excluding hydrogens is 404 g/mol. The first-order valence-electron chi connectivity index (χ1n) is 9.35. The predicted octanol–water partition coefficient (Wildman–Crippen LogP) is 4.38. The van der Waals surface area contributed by atoms with Crippen molar-refractivity contribution in [3.05, 3.63) is 89.5 Å². The summed E-state index contributed by atoms with van der Waals surface area (Å²) in [6.07, 6.45) is 0.673. The van der Waals surface area contributed by atoms with Crippen molar-refractivity contribution in [3.8, 4) is 11.5 Å². The van der Waals surface area contributed by atoms with Gasteiger partial charge in [-0.15, -0.1) is 0 Å². The van der Waals surface area contributed by atoms with Gasteiger partial charge in [0.25, 0.3) is 0 Å². The highest BCUT2D eigenvalue weighted by Gasteiger charge is 2.22. The summed E-state index contributed by atoms with van der Waals surface area (Å²) in [5.41, 5.74) is 2.01. The standard InChI is InChI=1S/C23H22O6S/c1-3-17-9-14-21(27-2)22(15-17)30(25,26)29-20-12-10-19(11-13-20)23(24)28-16-18-7-5-4-6-8-18/h4-15H,3,16H2,1-2H3. The molecule has 0 amide bonds. The van der Waals surface area contributed by atoms with E-state index in [2.05, 4.69) is 0 Å². The van der Waals surface area contributed by atoms with E-state index in [-0.39, 0.29) is 23.0 Å². The third kappa shape index (κ3) is 5.18. The molecule has 7 heteroatoms. The van der Waals surface area contributed by atoms with Crippen LogP contribution in [0.1, 0.15) is 28.4 Å². The van der Waals surface area contributed by atoms with Gasteiger partial charge in [0.1, 0.15) is 23.0 Å². The monoisotopic (exact) mass is 426 g/mol. The van der Waals surface area contributed by atoms with Gasteiger partial charge in [0.15, 0.2) is 0 Å². The molecule has 0 unspecified atom stereocenters. The molecule has 0 aliphatic carbocycles. The van der Waals surface area contributed by atoms with Crippen molar-refractivity contribution in [2.45, 2.75) is 24.8 Å². The van der Waals surface area contributed by atoms with E-state index in [0.717, 1.165) is 11.1 Å². The molecule has 0 spiro atoms. The van der Waals surface area contributed by atoms with Crippen LogP contribution in [0.25, 0.3) is 0 Å². The zero-order chi connectivity index (χ0) is 21.6. The third-order valence-electron chi connectivity index (χ3n) is 4.41. The Balaban J connectivity index is 1.71. The van der Waals surface area contributed by atoms with Crippen LogP contribution in [0.3, 0.4) is 0 Å². The number of hydrogen-bond acceptors (Lipinski definition) is 6. The largest absolute Gasteiger partial charge is 0.495 e. The molecule has 0 saturated heterocycles. The summed E-state index contributed by atoms with van der Waals surface area (Å²) >= 11 is 0. The fourth-order valence-electron chi connectivity index (χ4n) is 2.76. The van der Waals surface area contributed by atoms with Crippen molar-refractivity contribution < 1.29 is 26.9 Å². The zero-order valence-corrected chi connectivity index (χ0v) is 17.5. The average molecular weight is 426 g/mol. The minimum Gasteiger partial charge on any atom is -0.495 e. The van der Waals surface area contributed by atoms with Gasteiger partial charge >= 0.3 is 16.1 Å². The lowest BCUT2D eigenvalue weighted by Crippen LogP contribution is -2.12. The van der Waals surface area contributed by atoms with Crippen molar-refractivity contribution in [3.63, 3.8) is 0 Å². The van der Waals surface area contributed by atoms with Crippen LogP contribution in [-0.4, -0.2) is 21.5 Å². The minimum absolute atomic E-state index is 0.0457. The lowest BCUT2D eigenvalue weighted by Gasteiger charge is -2.12. The van der Waals surface area contributed by atoms with Crippen LogP contribution in [0.15, 0.2) is 77.7 Å². The second kappa shape index (κ2) is 9.45. The van der Waals surface area contributed by atoms with Gasteiger partial charge in [-0.05, 0) is 53.9 Å². The van der Waals surface area contributed by atoms with E-state index in [1.165, 1.54) is 37.4 Å². The van der Waals surface area contributed by atoms with Crippen molar-refractivity contribution >= 4 is 16.1 Å².